The molecule has 0 aliphatic heterocycles. The first-order valence-corrected chi connectivity index (χ1v) is 11.6. The van der Waals surface area contributed by atoms with Crippen molar-refractivity contribution in [1.29, 1.82) is 0 Å². The van der Waals surface area contributed by atoms with Gasteiger partial charge < -0.3 is 19.8 Å². The van der Waals surface area contributed by atoms with Crippen LogP contribution in [-0.4, -0.2) is 42.8 Å². The number of aryl methyl sites for hydroxylation is 1. The van der Waals surface area contributed by atoms with Crippen LogP contribution in [0, 0.1) is 0 Å². The third-order valence-corrected chi connectivity index (χ3v) is 5.62. The number of halogens is 1. The Morgan fingerprint density at radius 3 is 2.83 bits per heavy atom. The van der Waals surface area contributed by atoms with Gasteiger partial charge in [-0.1, -0.05) is 24.6 Å². The largest absolute Gasteiger partial charge is 0.337 e. The minimum Gasteiger partial charge on any atom is -0.337 e. The van der Waals surface area contributed by atoms with Crippen molar-refractivity contribution in [2.24, 2.45) is 0 Å². The van der Waals surface area contributed by atoms with Crippen LogP contribution in [0.2, 0.25) is 5.02 Å². The molecule has 0 saturated heterocycles. The molecule has 2 N–H and O–H groups in total. The molecule has 4 rings (SSSR count). The van der Waals surface area contributed by atoms with Crippen LogP contribution in [0.4, 0.5) is 5.69 Å². The molecule has 0 unspecified atom stereocenters. The third-order valence-electron chi connectivity index (χ3n) is 5.39. The number of nitrogens with one attached hydrogen (secondary N) is 2. The lowest BCUT2D eigenvalue weighted by molar-refractivity contribution is -0.116. The first kappa shape index (κ1) is 24.2. The highest BCUT2D eigenvalue weighted by atomic mass is 35.5. The quantitative estimate of drug-likeness (QED) is 0.368. The van der Waals surface area contributed by atoms with Gasteiger partial charge in [-0.05, 0) is 42.8 Å². The molecule has 0 radical (unpaired) electrons. The molecule has 10 heteroatoms. The number of amides is 2. The predicted octanol–water partition coefficient (Wildman–Crippen LogP) is 3.85. The summed E-state index contributed by atoms with van der Waals surface area (Å²) in [6.07, 6.45) is 6.11. The van der Waals surface area contributed by atoms with E-state index < -0.39 is 0 Å². The van der Waals surface area contributed by atoms with Crippen molar-refractivity contribution in [3.05, 3.63) is 87.9 Å². The summed E-state index contributed by atoms with van der Waals surface area (Å²) in [5, 5.41) is 3.75. The van der Waals surface area contributed by atoms with Crippen LogP contribution in [0.1, 0.15) is 35.9 Å². The van der Waals surface area contributed by atoms with Crippen molar-refractivity contribution in [3.63, 3.8) is 0 Å². The number of H-pyrrole nitrogens is 1. The van der Waals surface area contributed by atoms with E-state index in [4.69, 9.17) is 11.6 Å². The maximum absolute atomic E-state index is 13.3. The van der Waals surface area contributed by atoms with Crippen molar-refractivity contribution in [1.82, 2.24) is 24.4 Å². The van der Waals surface area contributed by atoms with Gasteiger partial charge in [0.2, 0.25) is 5.91 Å². The molecule has 35 heavy (non-hydrogen) atoms. The van der Waals surface area contributed by atoms with Crippen molar-refractivity contribution >= 4 is 40.0 Å². The smallest absolute Gasteiger partial charge is 0.258 e. The standard InChI is InChI=1S/C25H25ClN6O3/c1-2-10-32(15-22-29-21-14-18(26)6-7-20(21)24(34)30-22)25(35)17-4-3-5-19(13-17)28-23(33)8-11-31-12-9-27-16-31/h3-7,9,12-14,16H,2,8,10-11,15H2,1H3,(H,28,33)(H,29,30,34). The van der Waals surface area contributed by atoms with Crippen LogP contribution in [0.3, 0.4) is 0 Å². The fourth-order valence-corrected chi connectivity index (χ4v) is 3.89. The van der Waals surface area contributed by atoms with Crippen LogP contribution in [0.5, 0.6) is 0 Å². The Morgan fingerprint density at radius 2 is 2.06 bits per heavy atom. The second-order valence-electron chi connectivity index (χ2n) is 8.08. The lowest BCUT2D eigenvalue weighted by Gasteiger charge is -2.22. The van der Waals surface area contributed by atoms with Gasteiger partial charge in [-0.2, -0.15) is 0 Å². The Balaban J connectivity index is 1.48. The highest BCUT2D eigenvalue weighted by Crippen LogP contribution is 2.17. The number of anilines is 1. The van der Waals surface area contributed by atoms with Crippen LogP contribution >= 0.6 is 11.6 Å². The molecule has 4 aromatic rings. The van der Waals surface area contributed by atoms with E-state index in [1.54, 1.807) is 66.1 Å². The molecule has 2 aromatic carbocycles. The van der Waals surface area contributed by atoms with Gasteiger partial charge in [0.25, 0.3) is 11.5 Å². The maximum atomic E-state index is 13.3. The zero-order valence-corrected chi connectivity index (χ0v) is 20.0. The molecule has 9 nitrogen and oxygen atoms in total. The summed E-state index contributed by atoms with van der Waals surface area (Å²) >= 11 is 6.06. The first-order chi connectivity index (χ1) is 16.9. The normalized spacial score (nSPS) is 10.9. The number of hydrogen-bond donors (Lipinski definition) is 2. The van der Waals surface area contributed by atoms with Gasteiger partial charge in [0.15, 0.2) is 0 Å². The number of carbonyl (C=O) groups is 2. The third kappa shape index (κ3) is 6.13. The Kier molecular flexibility index (Phi) is 7.57. The number of hydrogen-bond acceptors (Lipinski definition) is 5. The number of benzene rings is 2. The molecule has 2 aromatic heterocycles. The average molecular weight is 493 g/mol. The second kappa shape index (κ2) is 11.0. The highest BCUT2D eigenvalue weighted by Gasteiger charge is 2.18. The molecule has 0 bridgehead atoms. The Morgan fingerprint density at radius 1 is 1.20 bits per heavy atom. The van der Waals surface area contributed by atoms with Gasteiger partial charge >= 0.3 is 0 Å². The fourth-order valence-electron chi connectivity index (χ4n) is 3.72. The van der Waals surface area contributed by atoms with Crippen molar-refractivity contribution in [2.75, 3.05) is 11.9 Å². The monoisotopic (exact) mass is 492 g/mol. The molecule has 0 spiro atoms. The van der Waals surface area contributed by atoms with E-state index in [1.807, 2.05) is 11.5 Å². The topological polar surface area (TPSA) is 113 Å². The minimum atomic E-state index is -0.286. The Hall–Kier alpha value is -3.98. The summed E-state index contributed by atoms with van der Waals surface area (Å²) in [7, 11) is 0. The molecule has 2 amide bonds. The lowest BCUT2D eigenvalue weighted by Crippen LogP contribution is -2.33. The number of fused-ring (bicyclic) bond motifs is 1. The average Bonchev–Trinajstić information content (AvgIpc) is 3.36. The maximum Gasteiger partial charge on any atom is 0.258 e. The fraction of sp³-hybridized carbons (Fsp3) is 0.240. The lowest BCUT2D eigenvalue weighted by atomic mass is 10.1. The van der Waals surface area contributed by atoms with Crippen molar-refractivity contribution in [3.8, 4) is 0 Å². The zero-order valence-electron chi connectivity index (χ0n) is 19.2. The molecule has 180 valence electrons. The number of aromatic nitrogens is 4. The van der Waals surface area contributed by atoms with Gasteiger partial charge in [0.05, 0.1) is 23.8 Å². The number of rotatable bonds is 9. The molecular formula is C25H25ClN6O3. The van der Waals surface area contributed by atoms with E-state index in [2.05, 4.69) is 20.3 Å². The highest BCUT2D eigenvalue weighted by molar-refractivity contribution is 6.31. The van der Waals surface area contributed by atoms with E-state index in [-0.39, 0.29) is 30.3 Å². The van der Waals surface area contributed by atoms with Crippen molar-refractivity contribution < 1.29 is 9.59 Å². The Bertz CT molecular complexity index is 1400. The number of nitrogens with zero attached hydrogens (tertiary/aromatic N) is 4. The molecule has 0 aliphatic carbocycles. The molecule has 0 fully saturated rings. The van der Waals surface area contributed by atoms with E-state index in [0.29, 0.717) is 46.1 Å². The van der Waals surface area contributed by atoms with Crippen LogP contribution in [0.15, 0.2) is 66.0 Å². The van der Waals surface area contributed by atoms with E-state index in [1.165, 1.54) is 0 Å². The summed E-state index contributed by atoms with van der Waals surface area (Å²) in [5.74, 6) is -0.0176. The number of aromatic amines is 1. The van der Waals surface area contributed by atoms with Gasteiger partial charge in [0.1, 0.15) is 5.82 Å². The molecule has 0 aliphatic rings. The molecule has 0 saturated carbocycles. The second-order valence-corrected chi connectivity index (χ2v) is 8.52. The SMILES string of the molecule is CCCN(Cc1nc2cc(Cl)ccc2c(=O)[nH]1)C(=O)c1cccc(NC(=O)CCn2ccnc2)c1. The van der Waals surface area contributed by atoms with Crippen molar-refractivity contribution in [2.45, 2.75) is 32.9 Å². The number of imidazole rings is 1. The number of carbonyl (C=O) groups excluding carboxylic acids is 2. The molecular weight excluding hydrogens is 468 g/mol. The minimum absolute atomic E-state index is 0.131. The van der Waals surface area contributed by atoms with Gasteiger partial charge in [-0.25, -0.2) is 9.97 Å². The van der Waals surface area contributed by atoms with E-state index in [9.17, 15) is 14.4 Å². The summed E-state index contributed by atoms with van der Waals surface area (Å²) < 4.78 is 1.82. The van der Waals surface area contributed by atoms with Gasteiger partial charge in [-0.3, -0.25) is 14.4 Å². The van der Waals surface area contributed by atoms with Gasteiger partial charge in [0, 0.05) is 48.2 Å². The summed E-state index contributed by atoms with van der Waals surface area (Å²) in [6, 6.07) is 11.7. The first-order valence-electron chi connectivity index (χ1n) is 11.3. The Labute approximate surface area is 206 Å². The summed E-state index contributed by atoms with van der Waals surface area (Å²) in [4.78, 5) is 51.0. The summed E-state index contributed by atoms with van der Waals surface area (Å²) in [5.41, 5.74) is 1.15. The van der Waals surface area contributed by atoms with Gasteiger partial charge in [-0.15, -0.1) is 0 Å². The summed E-state index contributed by atoms with van der Waals surface area (Å²) in [6.45, 7) is 3.08. The van der Waals surface area contributed by atoms with E-state index in [0.717, 1.165) is 6.42 Å². The molecule has 0 atom stereocenters. The van der Waals surface area contributed by atoms with Crippen LogP contribution in [0.25, 0.3) is 10.9 Å². The molecule has 2 heterocycles. The van der Waals surface area contributed by atoms with E-state index >= 15 is 0 Å². The van der Waals surface area contributed by atoms with Crippen LogP contribution in [-0.2, 0) is 17.9 Å². The predicted molar refractivity (Wildman–Crippen MR) is 134 cm³/mol. The zero-order chi connectivity index (χ0) is 24.8. The van der Waals surface area contributed by atoms with Crippen LogP contribution < -0.4 is 10.9 Å².